The number of β-amino-alcohol motifs (C(OH)–C–C–N with tert-alkyl or cyclic N) is 2. The molecule has 6 amide bonds. The molecule has 5 atom stereocenters. The summed E-state index contributed by atoms with van der Waals surface area (Å²) in [4.78, 5) is 88.7. The van der Waals surface area contributed by atoms with Gasteiger partial charge in [-0.25, -0.2) is 37.5 Å². The maximum Gasteiger partial charge on any atom is 0.410 e. The molecule has 26 nitrogen and oxygen atoms in total. The number of epoxide rings is 1. The summed E-state index contributed by atoms with van der Waals surface area (Å²) in [5, 5.41) is 36.7. The summed E-state index contributed by atoms with van der Waals surface area (Å²) < 4.78 is 63.4. The Morgan fingerprint density at radius 3 is 1.06 bits per heavy atom. The molecule has 7 saturated heterocycles. The summed E-state index contributed by atoms with van der Waals surface area (Å²) in [5.41, 5.74) is 1.98. The smallest absolute Gasteiger partial charge is 0.410 e. The van der Waals surface area contributed by atoms with E-state index in [-0.39, 0.29) is 133 Å². The maximum absolute atomic E-state index is 13.7. The number of hydrogen-bond donors (Lipinski definition) is 4. The fourth-order valence-electron chi connectivity index (χ4n) is 8.48. The lowest BCUT2D eigenvalue weighted by atomic mass is 10.0. The Balaban J connectivity index is -0.000000329. The van der Waals surface area contributed by atoms with Crippen LogP contribution in [0.3, 0.4) is 0 Å². The van der Waals surface area contributed by atoms with Gasteiger partial charge in [-0.1, -0.05) is 44.6 Å². The second kappa shape index (κ2) is 37.3. The predicted octanol–water partition coefficient (Wildman–Crippen LogP) is 10.8. The van der Waals surface area contributed by atoms with Crippen LogP contribution in [0.5, 0.6) is 0 Å². The van der Waals surface area contributed by atoms with Gasteiger partial charge in [0.05, 0.1) is 57.5 Å². The molecule has 0 aromatic heterocycles. The van der Waals surface area contributed by atoms with Crippen LogP contribution < -0.4 is 11.5 Å². The van der Waals surface area contributed by atoms with Crippen LogP contribution in [0.2, 0.25) is 0 Å². The maximum atomic E-state index is 13.7. The van der Waals surface area contributed by atoms with Crippen molar-refractivity contribution in [1.82, 2.24) is 29.4 Å². The molecule has 0 aliphatic carbocycles. The number of rotatable bonds is 2. The first-order valence-corrected chi connectivity index (χ1v) is 29.4. The monoisotopic (exact) mass is 1340 g/mol. The minimum Gasteiger partial charge on any atom is -0.444 e. The summed E-state index contributed by atoms with van der Waals surface area (Å²) in [6.07, 6.45) is 0.0687. The van der Waals surface area contributed by atoms with Crippen LogP contribution in [0.15, 0.2) is 0 Å². The molecule has 0 saturated carbocycles. The lowest BCUT2D eigenvalue weighted by Crippen LogP contribution is -2.43. The SMILES string of the molecule is C.C.C.C.C.C.CC(C)(C)OC(=O)N1CCC(=O)C1.CC(C)(C)OC(=O)N1CCC(F)(C#N)C1.CC(C)(C)OC(=O)N1CCC(F)(CN)C1.CC(C)(C)OC(=O)N1CCC(O)(C#N)C1.CC(C)(C)OC(=O)N1CCC(O)(CN)C1.CC(C)(C)OC(=O)N1CCC2(CO2)C1. The number of hydrogen-bond acceptors (Lipinski definition) is 20. The van der Waals surface area contributed by atoms with E-state index in [0.29, 0.717) is 52.0 Å². The highest BCUT2D eigenvalue weighted by atomic mass is 19.1. The van der Waals surface area contributed by atoms with Gasteiger partial charge >= 0.3 is 36.6 Å². The number of amides is 6. The van der Waals surface area contributed by atoms with Crippen LogP contribution in [0.1, 0.15) is 208 Å². The van der Waals surface area contributed by atoms with Gasteiger partial charge in [-0.05, 0) is 137 Å². The minimum absolute atomic E-state index is 0. The number of likely N-dealkylation sites (tertiary alicyclic amines) is 6. The van der Waals surface area contributed by atoms with Crippen molar-refractivity contribution in [3.05, 3.63) is 0 Å². The van der Waals surface area contributed by atoms with Crippen molar-refractivity contribution in [1.29, 1.82) is 10.5 Å². The number of carbonyl (C=O) groups excluding carboxylic acids is 7. The molecule has 6 N–H and O–H groups in total. The molecule has 0 aromatic carbocycles. The number of ether oxygens (including phenoxy) is 7. The van der Waals surface area contributed by atoms with Crippen LogP contribution in [0.4, 0.5) is 37.5 Å². The van der Waals surface area contributed by atoms with Crippen molar-refractivity contribution in [3.63, 3.8) is 0 Å². The number of halogens is 2. The zero-order valence-corrected chi connectivity index (χ0v) is 54.9. The van der Waals surface area contributed by atoms with Gasteiger partial charge in [0.1, 0.15) is 50.9 Å². The molecule has 546 valence electrons. The minimum atomic E-state index is -1.91. The van der Waals surface area contributed by atoms with Crippen molar-refractivity contribution in [2.75, 3.05) is 98.2 Å². The third-order valence-electron chi connectivity index (χ3n) is 13.1. The number of alkyl halides is 2. The van der Waals surface area contributed by atoms with Crippen molar-refractivity contribution >= 4 is 42.3 Å². The Bertz CT molecular complexity index is 2340. The number of nitrogens with zero attached hydrogens (tertiary/aromatic N) is 8. The molecule has 0 radical (unpaired) electrons. The summed E-state index contributed by atoms with van der Waals surface area (Å²) in [6, 6.07) is 3.37. The van der Waals surface area contributed by atoms with E-state index in [4.69, 9.17) is 55.1 Å². The van der Waals surface area contributed by atoms with Crippen LogP contribution >= 0.6 is 0 Å². The van der Waals surface area contributed by atoms with Gasteiger partial charge in [0.2, 0.25) is 5.67 Å². The second-order valence-corrected chi connectivity index (χ2v) is 28.9. The molecule has 7 heterocycles. The molecular weight excluding hydrogens is 1210 g/mol. The normalized spacial score (nSPS) is 24.3. The van der Waals surface area contributed by atoms with Crippen LogP contribution in [-0.2, 0) is 38.0 Å². The van der Waals surface area contributed by atoms with Crippen LogP contribution in [-0.4, -0.2) is 242 Å². The van der Waals surface area contributed by atoms with Gasteiger partial charge in [0, 0.05) is 78.0 Å². The summed E-state index contributed by atoms with van der Waals surface area (Å²) in [5.74, 6) is 0.103. The molecule has 0 aromatic rings. The van der Waals surface area contributed by atoms with E-state index >= 15 is 0 Å². The molecule has 7 rings (SSSR count). The van der Waals surface area contributed by atoms with Gasteiger partial charge in [-0.2, -0.15) is 10.5 Å². The van der Waals surface area contributed by atoms with E-state index in [9.17, 15) is 52.6 Å². The first-order chi connectivity index (χ1) is 39.3. The lowest BCUT2D eigenvalue weighted by molar-refractivity contribution is -0.117. The van der Waals surface area contributed by atoms with Crippen molar-refractivity contribution in [3.8, 4) is 12.1 Å². The molecule has 1 spiro atoms. The molecule has 7 aliphatic heterocycles. The van der Waals surface area contributed by atoms with E-state index in [2.05, 4.69) is 0 Å². The predicted molar refractivity (Wildman–Crippen MR) is 356 cm³/mol. The van der Waals surface area contributed by atoms with E-state index < -0.39 is 80.5 Å². The Kier molecular flexibility index (Phi) is 38.3. The van der Waals surface area contributed by atoms with Gasteiger partial charge in [-0.15, -0.1) is 0 Å². The fraction of sp³-hybridized carbons (Fsp3) is 0.862. The lowest BCUT2D eigenvalue weighted by Gasteiger charge is -2.25. The second-order valence-electron chi connectivity index (χ2n) is 28.9. The van der Waals surface area contributed by atoms with Crippen molar-refractivity contribution in [2.45, 2.75) is 269 Å². The quantitative estimate of drug-likeness (QED) is 0.113. The summed E-state index contributed by atoms with van der Waals surface area (Å²) in [6.45, 7) is 37.1. The van der Waals surface area contributed by atoms with Gasteiger partial charge < -0.3 is 84.2 Å². The first-order valence-electron chi connectivity index (χ1n) is 29.4. The molecule has 93 heavy (non-hydrogen) atoms. The summed E-state index contributed by atoms with van der Waals surface area (Å²) in [7, 11) is 0. The average molecular weight is 1340 g/mol. The van der Waals surface area contributed by atoms with Crippen LogP contribution in [0, 0.1) is 22.7 Å². The molecule has 28 heteroatoms. The third-order valence-corrected chi connectivity index (χ3v) is 13.1. The molecule has 5 unspecified atom stereocenters. The standard InChI is InChI=1S/C10H19FN2O2.C10H15FN2O2.C10H20N2O3.C10H16N2O3.C10H17NO3.C9H15NO3.6CH4/c2*1-9(2,3)15-8(14)13-5-4-10(11,6-12)7-13;2*1-9(2,3)15-8(13)12-5-4-10(14,6-11)7-12;1-9(2,3)14-8(12)11-5-4-10(6-11)7-13-10;1-9(2,3)13-8(12)10-5-4-7(11)6-10;;;;;;/h4-7,12H2,1-3H3;4-5,7H2,1-3H3;14H,4-7,11H2,1-3H3;14H,4-5,7H2,1-3H3;4-7H2,1-3H3;4-6H2,1-3H3;6*1H4. The topological polar surface area (TPSA) is 347 Å². The molecule has 0 bridgehead atoms. The Labute approximate surface area is 557 Å². The third kappa shape index (κ3) is 36.4. The number of nitrogens with two attached hydrogens (primary N) is 2. The van der Waals surface area contributed by atoms with Gasteiger partial charge in [-0.3, -0.25) is 4.79 Å². The first kappa shape index (κ1) is 95.6. The average Bonchev–Trinajstić information content (AvgIpc) is 1.63. The number of ketones is 1. The van der Waals surface area contributed by atoms with Crippen molar-refractivity contribution in [2.24, 2.45) is 11.5 Å². The Hall–Kier alpha value is -6.07. The van der Waals surface area contributed by atoms with E-state index in [0.717, 1.165) is 19.6 Å². The Morgan fingerprint density at radius 2 is 0.785 bits per heavy atom. The number of nitriles is 2. The number of carbonyl (C=O) groups is 7. The number of aliphatic hydroxyl groups is 2. The van der Waals surface area contributed by atoms with Crippen LogP contribution in [0.25, 0.3) is 0 Å². The summed E-state index contributed by atoms with van der Waals surface area (Å²) >= 11 is 0. The highest BCUT2D eigenvalue weighted by molar-refractivity contribution is 5.87. The zero-order valence-electron chi connectivity index (χ0n) is 54.9. The van der Waals surface area contributed by atoms with Crippen molar-refractivity contribution < 1.29 is 85.7 Å². The van der Waals surface area contributed by atoms with E-state index in [1.54, 1.807) is 79.4 Å². The van der Waals surface area contributed by atoms with Gasteiger partial charge in [0.25, 0.3) is 0 Å². The Morgan fingerprint density at radius 1 is 0.462 bits per heavy atom. The molecule has 7 fully saturated rings. The molecular formula is C65H126F2N10O16. The van der Waals surface area contributed by atoms with Gasteiger partial charge in [0.15, 0.2) is 11.4 Å². The molecule has 7 aliphatic rings. The fourth-order valence-corrected chi connectivity index (χ4v) is 8.48. The highest BCUT2D eigenvalue weighted by Crippen LogP contribution is 2.37. The number of Topliss-reactive ketones (excluding diaryl/α,β-unsaturated/α-hetero) is 1. The van der Waals surface area contributed by atoms with E-state index in [1.165, 1.54) is 24.5 Å². The largest absolute Gasteiger partial charge is 0.444 e. The zero-order chi connectivity index (χ0) is 67.2. The highest BCUT2D eigenvalue weighted by Gasteiger charge is 2.52. The van der Waals surface area contributed by atoms with E-state index in [1.807, 2.05) is 62.3 Å².